The Kier molecular flexibility index (Phi) is 2.74. The summed E-state index contributed by atoms with van der Waals surface area (Å²) in [7, 11) is 1.85. The lowest BCUT2D eigenvalue weighted by Crippen LogP contribution is -2.31. The molecule has 1 aromatic carbocycles. The van der Waals surface area contributed by atoms with E-state index in [1.54, 1.807) is 16.7 Å². The third kappa shape index (κ3) is 1.88. The van der Waals surface area contributed by atoms with E-state index in [0.29, 0.717) is 11.7 Å². The van der Waals surface area contributed by atoms with Crippen LogP contribution in [0.3, 0.4) is 0 Å². The maximum atomic E-state index is 11.5. The van der Waals surface area contributed by atoms with Gasteiger partial charge in [-0.15, -0.1) is 11.8 Å². The molecular formula is C12H15NOS. The molecule has 1 aliphatic rings. The van der Waals surface area contributed by atoms with Crippen LogP contribution in [0.2, 0.25) is 0 Å². The average Bonchev–Trinajstić information content (AvgIpc) is 2.23. The van der Waals surface area contributed by atoms with Gasteiger partial charge in [-0.05, 0) is 23.6 Å². The Bertz CT molecular complexity index is 401. The topological polar surface area (TPSA) is 20.3 Å². The third-order valence-electron chi connectivity index (χ3n) is 2.74. The Morgan fingerprint density at radius 1 is 1.40 bits per heavy atom. The van der Waals surface area contributed by atoms with Crippen LogP contribution in [-0.4, -0.2) is 18.7 Å². The predicted octanol–water partition coefficient (Wildman–Crippen LogP) is 2.88. The maximum absolute atomic E-state index is 11.5. The number of hydrogen-bond donors (Lipinski definition) is 0. The lowest BCUT2D eigenvalue weighted by atomic mass is 10.0. The van der Waals surface area contributed by atoms with Crippen molar-refractivity contribution < 1.29 is 4.79 Å². The SMILES string of the molecule is CC(C)c1ccc2c(c1)N(C)C(=O)CS2. The number of benzene rings is 1. The zero-order valence-corrected chi connectivity index (χ0v) is 10.1. The van der Waals surface area contributed by atoms with Crippen LogP contribution in [0.1, 0.15) is 25.3 Å². The van der Waals surface area contributed by atoms with Crippen LogP contribution >= 0.6 is 11.8 Å². The fourth-order valence-electron chi connectivity index (χ4n) is 1.65. The fraction of sp³-hybridized carbons (Fsp3) is 0.417. The molecule has 3 heteroatoms. The molecule has 0 saturated heterocycles. The van der Waals surface area contributed by atoms with Crippen LogP contribution < -0.4 is 4.90 Å². The third-order valence-corrected chi connectivity index (χ3v) is 3.78. The summed E-state index contributed by atoms with van der Waals surface area (Å²) >= 11 is 1.63. The fourth-order valence-corrected chi connectivity index (χ4v) is 2.63. The summed E-state index contributed by atoms with van der Waals surface area (Å²) in [5.74, 6) is 1.25. The number of hydrogen-bond acceptors (Lipinski definition) is 2. The van der Waals surface area contributed by atoms with Gasteiger partial charge >= 0.3 is 0 Å². The molecule has 1 aliphatic heterocycles. The van der Waals surface area contributed by atoms with E-state index >= 15 is 0 Å². The molecule has 0 saturated carbocycles. The van der Waals surface area contributed by atoms with Gasteiger partial charge in [0, 0.05) is 11.9 Å². The Balaban J connectivity index is 2.45. The number of amides is 1. The summed E-state index contributed by atoms with van der Waals surface area (Å²) in [6, 6.07) is 6.41. The lowest BCUT2D eigenvalue weighted by Gasteiger charge is -2.26. The number of thioether (sulfide) groups is 1. The van der Waals surface area contributed by atoms with Crippen LogP contribution in [-0.2, 0) is 4.79 Å². The zero-order valence-electron chi connectivity index (χ0n) is 9.28. The minimum Gasteiger partial charge on any atom is -0.314 e. The summed E-state index contributed by atoms with van der Waals surface area (Å²) in [5, 5.41) is 0. The Morgan fingerprint density at radius 3 is 2.80 bits per heavy atom. The molecule has 2 nitrogen and oxygen atoms in total. The van der Waals surface area contributed by atoms with Gasteiger partial charge in [0.1, 0.15) is 0 Å². The lowest BCUT2D eigenvalue weighted by molar-refractivity contribution is -0.116. The molecular weight excluding hydrogens is 206 g/mol. The zero-order chi connectivity index (χ0) is 11.0. The van der Waals surface area contributed by atoms with E-state index in [-0.39, 0.29) is 5.91 Å². The van der Waals surface area contributed by atoms with Crippen LogP contribution in [0, 0.1) is 0 Å². The highest BCUT2D eigenvalue weighted by atomic mass is 32.2. The standard InChI is InChI=1S/C12H15NOS/c1-8(2)9-4-5-11-10(6-9)13(3)12(14)7-15-11/h4-6,8H,7H2,1-3H3. The van der Waals surface area contributed by atoms with Gasteiger partial charge in [-0.2, -0.15) is 0 Å². The van der Waals surface area contributed by atoms with Crippen LogP contribution in [0.5, 0.6) is 0 Å². The molecule has 0 aromatic heterocycles. The van der Waals surface area contributed by atoms with Crippen LogP contribution in [0.25, 0.3) is 0 Å². The second-order valence-corrected chi connectivity index (χ2v) is 5.14. The van der Waals surface area contributed by atoms with Gasteiger partial charge in [0.15, 0.2) is 0 Å². The molecule has 0 fully saturated rings. The number of carbonyl (C=O) groups excluding carboxylic acids is 1. The van der Waals surface area contributed by atoms with E-state index < -0.39 is 0 Å². The van der Waals surface area contributed by atoms with Crippen molar-refractivity contribution in [3.8, 4) is 0 Å². The van der Waals surface area contributed by atoms with Gasteiger partial charge < -0.3 is 4.90 Å². The highest BCUT2D eigenvalue weighted by molar-refractivity contribution is 8.00. The molecule has 80 valence electrons. The van der Waals surface area contributed by atoms with Crippen LogP contribution in [0.15, 0.2) is 23.1 Å². The molecule has 0 unspecified atom stereocenters. The quantitative estimate of drug-likeness (QED) is 0.726. The molecule has 1 amide bonds. The number of nitrogens with zero attached hydrogens (tertiary/aromatic N) is 1. The number of rotatable bonds is 1. The van der Waals surface area contributed by atoms with Crippen molar-refractivity contribution >= 4 is 23.4 Å². The summed E-state index contributed by atoms with van der Waals surface area (Å²) in [5.41, 5.74) is 2.35. The van der Waals surface area contributed by atoms with Gasteiger partial charge in [0.25, 0.3) is 0 Å². The minimum absolute atomic E-state index is 0.188. The first-order valence-electron chi connectivity index (χ1n) is 5.13. The first kappa shape index (κ1) is 10.6. The summed E-state index contributed by atoms with van der Waals surface area (Å²) in [4.78, 5) is 14.5. The van der Waals surface area contributed by atoms with E-state index in [0.717, 1.165) is 5.69 Å². The van der Waals surface area contributed by atoms with Crippen molar-refractivity contribution in [2.75, 3.05) is 17.7 Å². The van der Waals surface area contributed by atoms with Crippen molar-refractivity contribution in [1.82, 2.24) is 0 Å². The van der Waals surface area contributed by atoms with Gasteiger partial charge in [0.05, 0.1) is 11.4 Å². The van der Waals surface area contributed by atoms with E-state index in [1.807, 2.05) is 7.05 Å². The van der Waals surface area contributed by atoms with Crippen molar-refractivity contribution in [3.05, 3.63) is 23.8 Å². The number of fused-ring (bicyclic) bond motifs is 1. The van der Waals surface area contributed by atoms with Crippen molar-refractivity contribution in [2.24, 2.45) is 0 Å². The molecule has 1 heterocycles. The summed E-state index contributed by atoms with van der Waals surface area (Å²) in [6.07, 6.45) is 0. The minimum atomic E-state index is 0.188. The van der Waals surface area contributed by atoms with Crippen molar-refractivity contribution in [1.29, 1.82) is 0 Å². The predicted molar refractivity (Wildman–Crippen MR) is 64.7 cm³/mol. The molecule has 0 spiro atoms. The summed E-state index contributed by atoms with van der Waals surface area (Å²) in [6.45, 7) is 4.33. The van der Waals surface area contributed by atoms with E-state index in [2.05, 4.69) is 32.0 Å². The molecule has 2 rings (SSSR count). The average molecular weight is 221 g/mol. The first-order chi connectivity index (χ1) is 7.09. The Labute approximate surface area is 94.7 Å². The van der Waals surface area contributed by atoms with Gasteiger partial charge in [-0.3, -0.25) is 4.79 Å². The monoisotopic (exact) mass is 221 g/mol. The highest BCUT2D eigenvalue weighted by Crippen LogP contribution is 2.36. The number of carbonyl (C=O) groups is 1. The molecule has 15 heavy (non-hydrogen) atoms. The van der Waals surface area contributed by atoms with E-state index in [4.69, 9.17) is 0 Å². The van der Waals surface area contributed by atoms with Crippen molar-refractivity contribution in [3.63, 3.8) is 0 Å². The first-order valence-corrected chi connectivity index (χ1v) is 6.11. The van der Waals surface area contributed by atoms with E-state index in [9.17, 15) is 4.79 Å². The second kappa shape index (κ2) is 3.89. The van der Waals surface area contributed by atoms with Gasteiger partial charge in [-0.1, -0.05) is 19.9 Å². The Hall–Kier alpha value is -0.960. The Morgan fingerprint density at radius 2 is 2.13 bits per heavy atom. The molecule has 1 aromatic rings. The van der Waals surface area contributed by atoms with E-state index in [1.165, 1.54) is 10.5 Å². The van der Waals surface area contributed by atoms with Crippen LogP contribution in [0.4, 0.5) is 5.69 Å². The molecule has 0 atom stereocenters. The number of anilines is 1. The van der Waals surface area contributed by atoms with Crippen molar-refractivity contribution in [2.45, 2.75) is 24.7 Å². The molecule has 0 bridgehead atoms. The second-order valence-electron chi connectivity index (χ2n) is 4.12. The van der Waals surface area contributed by atoms with Gasteiger partial charge in [0.2, 0.25) is 5.91 Å². The normalized spacial score (nSPS) is 15.7. The maximum Gasteiger partial charge on any atom is 0.237 e. The summed E-state index contributed by atoms with van der Waals surface area (Å²) < 4.78 is 0. The largest absolute Gasteiger partial charge is 0.314 e. The van der Waals surface area contributed by atoms with Gasteiger partial charge in [-0.25, -0.2) is 0 Å². The molecule has 0 N–H and O–H groups in total. The smallest absolute Gasteiger partial charge is 0.237 e. The molecule has 0 aliphatic carbocycles. The highest BCUT2D eigenvalue weighted by Gasteiger charge is 2.21. The molecule has 0 radical (unpaired) electrons.